The fraction of sp³-hybridized carbons (Fsp3) is 0.878. The van der Waals surface area contributed by atoms with Gasteiger partial charge in [-0.3, -0.25) is 24.0 Å². The molecule has 734 valence electrons. The fourth-order valence-corrected chi connectivity index (χ4v) is 9.23. The Balaban J connectivity index is 3.55. The first kappa shape index (κ1) is 120. The number of nitrogens with one attached hydrogen (secondary N) is 4. The molecule has 0 saturated carbocycles. The van der Waals surface area contributed by atoms with Crippen molar-refractivity contribution in [1.29, 1.82) is 0 Å². The minimum absolute atomic E-state index is 0.00565. The molecule has 0 spiro atoms. The molecular formula is C82H152N4O39. The number of carbonyl (C=O) groups is 8. The van der Waals surface area contributed by atoms with Gasteiger partial charge in [-0.25, -0.2) is 0 Å². The summed E-state index contributed by atoms with van der Waals surface area (Å²) in [6, 6.07) is 0. The van der Waals surface area contributed by atoms with Gasteiger partial charge in [-0.2, -0.15) is 0 Å². The van der Waals surface area contributed by atoms with E-state index in [1.165, 1.54) is 0 Å². The molecular weight excluding hydrogens is 1660 g/mol. The van der Waals surface area contributed by atoms with Gasteiger partial charge in [0.2, 0.25) is 23.6 Å². The third-order valence-electron chi connectivity index (χ3n) is 15.4. The fourth-order valence-electron chi connectivity index (χ4n) is 9.23. The molecule has 4 N–H and O–H groups in total. The van der Waals surface area contributed by atoms with Gasteiger partial charge in [0.25, 0.3) is 0 Å². The predicted octanol–water partition coefficient (Wildman–Crippen LogP) is -1.60. The molecule has 0 unspecified atom stereocenters. The number of aldehydes is 4. The third-order valence-corrected chi connectivity index (χ3v) is 15.4. The van der Waals surface area contributed by atoms with Crippen LogP contribution in [0.5, 0.6) is 0 Å². The summed E-state index contributed by atoms with van der Waals surface area (Å²) in [7, 11) is 0. The highest BCUT2D eigenvalue weighted by Gasteiger charge is 2.34. The number of carbonyl (C=O) groups excluding carboxylic acids is 8. The van der Waals surface area contributed by atoms with Gasteiger partial charge in [0.15, 0.2) is 0 Å². The molecule has 0 bridgehead atoms. The Morgan fingerprint density at radius 2 is 0.376 bits per heavy atom. The van der Waals surface area contributed by atoms with Crippen LogP contribution in [0.25, 0.3) is 0 Å². The molecule has 0 fully saturated rings. The van der Waals surface area contributed by atoms with Gasteiger partial charge < -0.3 is 182 Å². The number of hydrogen-bond donors (Lipinski definition) is 4. The van der Waals surface area contributed by atoms with Crippen molar-refractivity contribution in [1.82, 2.24) is 21.3 Å². The Kier molecular flexibility index (Phi) is 102. The van der Waals surface area contributed by atoms with E-state index in [2.05, 4.69) is 21.3 Å². The van der Waals surface area contributed by atoms with Crippen molar-refractivity contribution >= 4 is 48.8 Å². The number of rotatable bonds is 111. The van der Waals surface area contributed by atoms with Crippen LogP contribution in [0.4, 0.5) is 0 Å². The van der Waals surface area contributed by atoms with Crippen molar-refractivity contribution in [3.05, 3.63) is 12.2 Å². The number of allylic oxidation sites excluding steroid dienone is 1. The van der Waals surface area contributed by atoms with Gasteiger partial charge in [0.05, 0.1) is 410 Å². The van der Waals surface area contributed by atoms with E-state index in [1.807, 2.05) is 0 Å². The van der Waals surface area contributed by atoms with Crippen molar-refractivity contribution in [2.24, 2.45) is 0 Å². The maximum absolute atomic E-state index is 13.2. The van der Waals surface area contributed by atoms with Gasteiger partial charge in [0.1, 0.15) is 30.7 Å². The molecule has 0 saturated heterocycles. The monoisotopic (exact) mass is 1820 g/mol. The smallest absolute Gasteiger partial charge is 0.244 e. The Bertz CT molecular complexity index is 2310. The summed E-state index contributed by atoms with van der Waals surface area (Å²) in [5.74, 6) is -1.38. The lowest BCUT2D eigenvalue weighted by molar-refractivity contribution is -0.130. The molecule has 0 rings (SSSR count). The van der Waals surface area contributed by atoms with Crippen LogP contribution < -0.4 is 21.3 Å². The van der Waals surface area contributed by atoms with Crippen molar-refractivity contribution in [2.45, 2.75) is 44.1 Å². The number of hydrogen-bond acceptors (Lipinski definition) is 39. The zero-order chi connectivity index (χ0) is 90.0. The lowest BCUT2D eigenvalue weighted by atomic mass is 10.0. The minimum Gasteiger partial charge on any atom is -0.379 e. The first-order valence-corrected chi connectivity index (χ1v) is 43.3. The molecule has 0 aromatic rings. The Morgan fingerprint density at radius 1 is 0.192 bits per heavy atom. The van der Waals surface area contributed by atoms with Crippen LogP contribution >= 0.6 is 0 Å². The van der Waals surface area contributed by atoms with Crippen LogP contribution in [0.2, 0.25) is 0 Å². The van der Waals surface area contributed by atoms with Crippen LogP contribution in [-0.4, -0.2) is 484 Å². The SMILES string of the molecule is O=C/C=C\C(=O)NCCC(=O)NCCOCCOCCOCCOCCC(=O)NC(COCCC=O)(COCCC=O)COCCC(=O)NCCOCCOCCOCCOCCOCCOCCOCCOCCOCCOCCOCCOCCOCCOCCOCCOCCOCCOCCOCCOCCOCCOCCOCCOCCC=O. The van der Waals surface area contributed by atoms with E-state index in [0.717, 1.165) is 18.4 Å². The molecule has 0 aromatic heterocycles. The maximum Gasteiger partial charge on any atom is 0.244 e. The van der Waals surface area contributed by atoms with E-state index in [4.69, 9.17) is 147 Å². The first-order valence-electron chi connectivity index (χ1n) is 43.3. The molecule has 0 aliphatic carbocycles. The van der Waals surface area contributed by atoms with Crippen molar-refractivity contribution in [3.63, 3.8) is 0 Å². The van der Waals surface area contributed by atoms with Crippen LogP contribution in [0.3, 0.4) is 0 Å². The highest BCUT2D eigenvalue weighted by Crippen LogP contribution is 2.12. The van der Waals surface area contributed by atoms with Crippen LogP contribution in [-0.2, 0) is 185 Å². The summed E-state index contributed by atoms with van der Waals surface area (Å²) in [6.45, 7) is 24.1. The molecule has 0 atom stereocenters. The van der Waals surface area contributed by atoms with E-state index in [9.17, 15) is 38.4 Å². The molecule has 43 heteroatoms. The normalized spacial score (nSPS) is 11.6. The van der Waals surface area contributed by atoms with Gasteiger partial charge in [-0.1, -0.05) is 0 Å². The zero-order valence-electron chi connectivity index (χ0n) is 74.1. The minimum atomic E-state index is -1.22. The molecule has 43 nitrogen and oxygen atoms in total. The van der Waals surface area contributed by atoms with E-state index in [-0.39, 0.29) is 130 Å². The summed E-state index contributed by atoms with van der Waals surface area (Å²) >= 11 is 0. The Labute approximate surface area is 738 Å². The summed E-state index contributed by atoms with van der Waals surface area (Å²) in [4.78, 5) is 91.4. The largest absolute Gasteiger partial charge is 0.379 e. The quantitative estimate of drug-likeness (QED) is 0.0302. The van der Waals surface area contributed by atoms with Gasteiger partial charge in [0, 0.05) is 64.2 Å². The second-order valence-corrected chi connectivity index (χ2v) is 25.7. The van der Waals surface area contributed by atoms with Gasteiger partial charge >= 0.3 is 0 Å². The number of amides is 4. The van der Waals surface area contributed by atoms with Crippen LogP contribution in [0, 0.1) is 0 Å². The molecule has 0 aliphatic rings. The van der Waals surface area contributed by atoms with E-state index in [1.54, 1.807) is 0 Å². The topological polar surface area (TPSA) is 471 Å². The second kappa shape index (κ2) is 106. The summed E-state index contributed by atoms with van der Waals surface area (Å²) in [5, 5.41) is 10.9. The second-order valence-electron chi connectivity index (χ2n) is 25.7. The molecule has 0 radical (unpaired) electrons. The standard InChI is InChI=1S/C82H152N4O39/c87-12-1-5-78(91)83-9-6-79(92)84-10-21-97-25-29-101-33-32-100-28-24-96-19-8-81(94)86-82(75-123-17-3-14-89,76-124-18-4-15-90)77-125-20-7-80(93)85-11-22-98-26-30-102-34-36-104-38-40-106-42-44-108-46-48-110-50-52-112-54-56-114-58-60-116-62-64-118-66-68-120-70-72-122-74-73-121-71-69-119-67-65-117-63-61-115-59-57-113-55-53-111-51-49-109-47-45-107-43-41-105-39-37-103-35-31-99-27-23-95-16-2-13-88/h1,5,12-15H,2-4,6-11,16-77H2,(H,83,91)(H,84,92)(H,85,93)(H,86,94)/b5-1-. The van der Waals surface area contributed by atoms with E-state index >= 15 is 0 Å². The molecule has 0 aliphatic heterocycles. The molecule has 0 aromatic carbocycles. The molecule has 125 heavy (non-hydrogen) atoms. The lowest BCUT2D eigenvalue weighted by Crippen LogP contribution is -2.58. The lowest BCUT2D eigenvalue weighted by Gasteiger charge is -2.34. The van der Waals surface area contributed by atoms with Gasteiger partial charge in [-0.05, 0) is 6.08 Å². The first-order chi connectivity index (χ1) is 61.8. The van der Waals surface area contributed by atoms with E-state index < -0.39 is 17.4 Å². The van der Waals surface area contributed by atoms with Crippen molar-refractivity contribution < 1.29 is 185 Å². The number of ether oxygens (including phenoxy) is 31. The Hall–Kier alpha value is -4.94. The maximum atomic E-state index is 13.2. The Morgan fingerprint density at radius 3 is 0.608 bits per heavy atom. The van der Waals surface area contributed by atoms with Crippen LogP contribution in [0.15, 0.2) is 12.2 Å². The van der Waals surface area contributed by atoms with Gasteiger partial charge in [-0.15, -0.1) is 0 Å². The predicted molar refractivity (Wildman–Crippen MR) is 446 cm³/mol. The summed E-state index contributed by atoms with van der Waals surface area (Å²) in [5.41, 5.74) is -1.22. The average Bonchev–Trinajstić information content (AvgIpc) is 0.855. The van der Waals surface area contributed by atoms with Crippen LogP contribution in [0.1, 0.15) is 38.5 Å². The van der Waals surface area contributed by atoms with Crippen molar-refractivity contribution in [2.75, 3.05) is 429 Å². The summed E-state index contributed by atoms with van der Waals surface area (Å²) < 4.78 is 172. The molecule has 4 amide bonds. The van der Waals surface area contributed by atoms with E-state index in [0.29, 0.717) is 369 Å². The average molecular weight is 1820 g/mol. The zero-order valence-corrected chi connectivity index (χ0v) is 74.1. The summed E-state index contributed by atoms with van der Waals surface area (Å²) in [6.07, 6.45) is 5.60. The van der Waals surface area contributed by atoms with Crippen molar-refractivity contribution in [3.8, 4) is 0 Å². The third kappa shape index (κ3) is 101. The molecule has 0 heterocycles. The highest BCUT2D eigenvalue weighted by atomic mass is 16.6. The highest BCUT2D eigenvalue weighted by molar-refractivity contribution is 5.91.